The standard InChI is InChI=1S/C25H29N7O6/c1-4-13(2)32-20(34)16(19(33)27-24(32)38)11-26-15-5-6-17-14(9-15)10-25(18-12-30(3)7-8-31(17)18)21(35)28-23(37)29-22(25)36/h5-6,9,11,13,18,34H,4,7-8,10,12H2,1-3H3,(H,27,33,38)(H2,28,29,35,36,37)/t13-,18+/m1/s1. The fraction of sp³-hybridized carbons (Fsp3) is 0.440. The van der Waals surface area contributed by atoms with Crippen molar-refractivity contribution in [2.24, 2.45) is 10.4 Å². The van der Waals surface area contributed by atoms with E-state index in [0.717, 1.165) is 16.8 Å². The van der Waals surface area contributed by atoms with Crippen LogP contribution < -0.4 is 26.8 Å². The summed E-state index contributed by atoms with van der Waals surface area (Å²) in [7, 11) is 1.92. The van der Waals surface area contributed by atoms with Crippen LogP contribution in [0.2, 0.25) is 0 Å². The fourth-order valence-electron chi connectivity index (χ4n) is 5.55. The number of anilines is 1. The van der Waals surface area contributed by atoms with E-state index < -0.39 is 46.4 Å². The highest BCUT2D eigenvalue weighted by molar-refractivity contribution is 6.20. The number of aliphatic imine (C=N–C) groups is 1. The minimum absolute atomic E-state index is 0.0520. The largest absolute Gasteiger partial charge is 0.494 e. The fourth-order valence-corrected chi connectivity index (χ4v) is 5.55. The maximum absolute atomic E-state index is 13.2. The SMILES string of the molecule is CC[C@@H](C)n1c(O)c(C=Nc2ccc3c(c2)CC2(C(=O)NC(=O)NC2=O)[C@@H]2CN(C)CCN32)c(=O)[nH]c1=O. The Balaban J connectivity index is 1.56. The number of rotatable bonds is 4. The molecule has 4 heterocycles. The molecule has 3 aliphatic heterocycles. The molecule has 200 valence electrons. The average molecular weight is 524 g/mol. The van der Waals surface area contributed by atoms with Crippen LogP contribution in [0.25, 0.3) is 0 Å². The van der Waals surface area contributed by atoms with Gasteiger partial charge >= 0.3 is 11.7 Å². The number of nitrogens with one attached hydrogen (secondary N) is 3. The summed E-state index contributed by atoms with van der Waals surface area (Å²) >= 11 is 0. The molecule has 2 fully saturated rings. The van der Waals surface area contributed by atoms with Gasteiger partial charge in [0, 0.05) is 37.6 Å². The van der Waals surface area contributed by atoms with Gasteiger partial charge in [0.2, 0.25) is 17.7 Å². The van der Waals surface area contributed by atoms with E-state index in [4.69, 9.17) is 0 Å². The number of urea groups is 1. The molecule has 2 aromatic rings. The van der Waals surface area contributed by atoms with Crippen LogP contribution in [0.4, 0.5) is 16.2 Å². The van der Waals surface area contributed by atoms with Crippen LogP contribution in [0, 0.1) is 5.41 Å². The van der Waals surface area contributed by atoms with Gasteiger partial charge in [0.1, 0.15) is 5.56 Å². The van der Waals surface area contributed by atoms with Crippen molar-refractivity contribution in [1.82, 2.24) is 25.1 Å². The van der Waals surface area contributed by atoms with Gasteiger partial charge in [-0.3, -0.25) is 39.6 Å². The molecule has 0 saturated carbocycles. The smallest absolute Gasteiger partial charge is 0.331 e. The minimum atomic E-state index is -1.51. The van der Waals surface area contributed by atoms with Gasteiger partial charge in [-0.05, 0) is 50.6 Å². The molecule has 4 N–H and O–H groups in total. The number of aromatic nitrogens is 2. The molecule has 13 nitrogen and oxygen atoms in total. The van der Waals surface area contributed by atoms with Crippen molar-refractivity contribution in [2.45, 2.75) is 38.8 Å². The third-order valence-electron chi connectivity index (χ3n) is 7.79. The van der Waals surface area contributed by atoms with Crippen LogP contribution in [0.5, 0.6) is 5.88 Å². The molecule has 1 spiro atoms. The summed E-state index contributed by atoms with van der Waals surface area (Å²) in [6.07, 6.45) is 1.79. The van der Waals surface area contributed by atoms with Gasteiger partial charge in [0.15, 0.2) is 5.41 Å². The molecule has 2 atom stereocenters. The van der Waals surface area contributed by atoms with Crippen molar-refractivity contribution >= 4 is 35.4 Å². The molecule has 5 rings (SSSR count). The number of likely N-dealkylation sites (N-methyl/N-ethyl adjacent to an activating group) is 1. The van der Waals surface area contributed by atoms with Crippen molar-refractivity contribution in [1.29, 1.82) is 0 Å². The molecular weight excluding hydrogens is 494 g/mol. The van der Waals surface area contributed by atoms with E-state index >= 15 is 0 Å². The zero-order chi connectivity index (χ0) is 27.4. The molecule has 0 unspecified atom stereocenters. The molecule has 0 bridgehead atoms. The Morgan fingerprint density at radius 1 is 1.16 bits per heavy atom. The van der Waals surface area contributed by atoms with Crippen molar-refractivity contribution in [2.75, 3.05) is 31.6 Å². The molecule has 0 radical (unpaired) electrons. The van der Waals surface area contributed by atoms with Crippen LogP contribution >= 0.6 is 0 Å². The van der Waals surface area contributed by atoms with Crippen molar-refractivity contribution in [3.8, 4) is 5.88 Å². The maximum atomic E-state index is 13.2. The summed E-state index contributed by atoms with van der Waals surface area (Å²) in [5, 5.41) is 15.2. The van der Waals surface area contributed by atoms with Crippen LogP contribution in [0.1, 0.15) is 37.4 Å². The van der Waals surface area contributed by atoms with E-state index in [1.807, 2.05) is 29.8 Å². The van der Waals surface area contributed by atoms with E-state index in [0.29, 0.717) is 30.8 Å². The monoisotopic (exact) mass is 523 g/mol. The average Bonchev–Trinajstić information content (AvgIpc) is 2.86. The quantitative estimate of drug-likeness (QED) is 0.320. The minimum Gasteiger partial charge on any atom is -0.494 e. The van der Waals surface area contributed by atoms with Gasteiger partial charge in [-0.2, -0.15) is 0 Å². The zero-order valence-corrected chi connectivity index (χ0v) is 21.3. The third kappa shape index (κ3) is 3.90. The van der Waals surface area contributed by atoms with Gasteiger partial charge < -0.3 is 14.9 Å². The molecular formula is C25H29N7O6. The summed E-state index contributed by atoms with van der Waals surface area (Å²) in [5.74, 6) is -1.76. The van der Waals surface area contributed by atoms with E-state index in [1.165, 1.54) is 6.21 Å². The summed E-state index contributed by atoms with van der Waals surface area (Å²) in [6.45, 7) is 5.36. The summed E-state index contributed by atoms with van der Waals surface area (Å²) in [5.41, 5.74) is -1.20. The number of imide groups is 2. The number of amides is 4. The first-order valence-electron chi connectivity index (χ1n) is 12.4. The van der Waals surface area contributed by atoms with E-state index in [1.54, 1.807) is 19.1 Å². The van der Waals surface area contributed by atoms with E-state index in [-0.39, 0.29) is 18.0 Å². The second kappa shape index (κ2) is 9.24. The molecule has 1 aromatic carbocycles. The van der Waals surface area contributed by atoms with Gasteiger partial charge in [-0.15, -0.1) is 0 Å². The molecule has 13 heteroatoms. The lowest BCUT2D eigenvalue weighted by Crippen LogP contribution is -2.74. The number of H-pyrrole nitrogens is 1. The normalized spacial score (nSPS) is 21.7. The lowest BCUT2D eigenvalue weighted by Gasteiger charge is -2.53. The number of nitrogens with zero attached hydrogens (tertiary/aromatic N) is 4. The molecule has 3 aliphatic rings. The first-order chi connectivity index (χ1) is 18.1. The summed E-state index contributed by atoms with van der Waals surface area (Å²) in [4.78, 5) is 73.5. The third-order valence-corrected chi connectivity index (χ3v) is 7.79. The maximum Gasteiger partial charge on any atom is 0.331 e. The van der Waals surface area contributed by atoms with Gasteiger partial charge in [0.25, 0.3) is 5.56 Å². The first-order valence-corrected chi connectivity index (χ1v) is 12.4. The second-order valence-electron chi connectivity index (χ2n) is 10.1. The highest BCUT2D eigenvalue weighted by atomic mass is 16.3. The van der Waals surface area contributed by atoms with Crippen molar-refractivity contribution in [3.63, 3.8) is 0 Å². The number of barbiturate groups is 1. The lowest BCUT2D eigenvalue weighted by molar-refractivity contribution is -0.147. The Kier molecular flexibility index (Phi) is 6.18. The zero-order valence-electron chi connectivity index (χ0n) is 21.3. The van der Waals surface area contributed by atoms with Crippen molar-refractivity contribution in [3.05, 3.63) is 50.2 Å². The number of aromatic amines is 1. The first kappa shape index (κ1) is 25.4. The Morgan fingerprint density at radius 2 is 1.87 bits per heavy atom. The number of hydrogen-bond acceptors (Lipinski definition) is 9. The number of aromatic hydroxyl groups is 1. The predicted molar refractivity (Wildman–Crippen MR) is 138 cm³/mol. The highest BCUT2D eigenvalue weighted by Crippen LogP contribution is 2.45. The van der Waals surface area contributed by atoms with Crippen LogP contribution in [-0.4, -0.2) is 76.3 Å². The number of piperazine rings is 1. The summed E-state index contributed by atoms with van der Waals surface area (Å²) in [6, 6.07) is 3.64. The molecule has 1 aromatic heterocycles. The Bertz CT molecular complexity index is 1470. The van der Waals surface area contributed by atoms with Crippen molar-refractivity contribution < 1.29 is 19.5 Å². The molecule has 0 aliphatic carbocycles. The van der Waals surface area contributed by atoms with Crippen LogP contribution in [0.15, 0.2) is 32.8 Å². The Hall–Kier alpha value is -4.26. The summed E-state index contributed by atoms with van der Waals surface area (Å²) < 4.78 is 1.11. The van der Waals surface area contributed by atoms with Gasteiger partial charge in [0.05, 0.1) is 11.7 Å². The molecule has 38 heavy (non-hydrogen) atoms. The Morgan fingerprint density at radius 3 is 2.55 bits per heavy atom. The van der Waals surface area contributed by atoms with E-state index in [2.05, 4.69) is 20.6 Å². The number of fused-ring (bicyclic) bond motifs is 4. The Labute approximate surface area is 217 Å². The van der Waals surface area contributed by atoms with Crippen LogP contribution in [-0.2, 0) is 16.0 Å². The predicted octanol–water partition coefficient (Wildman–Crippen LogP) is -0.00730. The second-order valence-corrected chi connectivity index (χ2v) is 10.1. The topological polar surface area (TPSA) is 169 Å². The van der Waals surface area contributed by atoms with Gasteiger partial charge in [-0.25, -0.2) is 9.59 Å². The van der Waals surface area contributed by atoms with Gasteiger partial charge in [-0.1, -0.05) is 6.92 Å². The van der Waals surface area contributed by atoms with E-state index in [9.17, 15) is 29.1 Å². The lowest BCUT2D eigenvalue weighted by atomic mass is 9.68. The molecule has 2 saturated heterocycles. The number of benzene rings is 1. The highest BCUT2D eigenvalue weighted by Gasteiger charge is 2.60. The molecule has 4 amide bonds. The number of carbonyl (C=O) groups excluding carboxylic acids is 3. The number of hydrogen-bond donors (Lipinski definition) is 4. The number of carbonyl (C=O) groups is 3. The van der Waals surface area contributed by atoms with Crippen LogP contribution in [0.3, 0.4) is 0 Å².